The van der Waals surface area contributed by atoms with E-state index in [4.69, 9.17) is 4.74 Å². The Morgan fingerprint density at radius 2 is 2.16 bits per heavy atom. The van der Waals surface area contributed by atoms with Crippen molar-refractivity contribution in [2.24, 2.45) is 0 Å². The summed E-state index contributed by atoms with van der Waals surface area (Å²) in [6.45, 7) is 5.33. The molecule has 7 heteroatoms. The molecule has 19 heavy (non-hydrogen) atoms. The highest BCUT2D eigenvalue weighted by atomic mass is 32.1. The number of carbonyl (C=O) groups is 1. The van der Waals surface area contributed by atoms with Crippen molar-refractivity contribution in [1.29, 1.82) is 0 Å². The van der Waals surface area contributed by atoms with Gasteiger partial charge in [-0.05, 0) is 37.8 Å². The monoisotopic (exact) mass is 305 g/mol. The first kappa shape index (κ1) is 16.3. The average molecular weight is 305 g/mol. The molecule has 0 aliphatic heterocycles. The highest BCUT2D eigenvalue weighted by Crippen LogP contribution is 2.27. The molecule has 2 unspecified atom stereocenters. The summed E-state index contributed by atoms with van der Waals surface area (Å²) in [4.78, 5) is 11.5. The summed E-state index contributed by atoms with van der Waals surface area (Å²) in [6, 6.07) is 1.60. The van der Waals surface area contributed by atoms with Crippen LogP contribution >= 0.6 is 24.0 Å². The predicted octanol–water partition coefficient (Wildman–Crippen LogP) is 2.42. The van der Waals surface area contributed by atoms with Crippen molar-refractivity contribution in [1.82, 2.24) is 0 Å². The zero-order valence-corrected chi connectivity index (χ0v) is 12.8. The number of amides is 1. The molecule has 1 aromatic rings. The van der Waals surface area contributed by atoms with Crippen molar-refractivity contribution >= 4 is 35.1 Å². The normalized spacial score (nSPS) is 14.8. The van der Waals surface area contributed by atoms with Crippen LogP contribution in [0.4, 0.5) is 9.80 Å². The van der Waals surface area contributed by atoms with Gasteiger partial charge in [0.2, 0.25) is 0 Å². The second kappa shape index (κ2) is 6.60. The molecule has 1 amide bonds. The van der Waals surface area contributed by atoms with E-state index < -0.39 is 23.9 Å². The number of hydrogen-bond acceptors (Lipinski definition) is 6. The lowest BCUT2D eigenvalue weighted by Gasteiger charge is -2.19. The van der Waals surface area contributed by atoms with Crippen molar-refractivity contribution in [2.75, 3.05) is 11.1 Å². The topological polar surface area (TPSA) is 78.8 Å². The van der Waals surface area contributed by atoms with E-state index in [0.717, 1.165) is 0 Å². The third kappa shape index (κ3) is 5.40. The van der Waals surface area contributed by atoms with E-state index in [-0.39, 0.29) is 5.75 Å². The van der Waals surface area contributed by atoms with Gasteiger partial charge in [-0.2, -0.15) is 12.6 Å². The molecule has 0 saturated heterocycles. The zero-order chi connectivity index (χ0) is 14.6. The van der Waals surface area contributed by atoms with E-state index in [0.29, 0.717) is 10.6 Å². The molecule has 1 heterocycles. The fraction of sp³-hybridized carbons (Fsp3) is 0.583. The quantitative estimate of drug-likeness (QED) is 0.644. The first-order valence-electron chi connectivity index (χ1n) is 5.78. The van der Waals surface area contributed by atoms with Gasteiger partial charge in [0.25, 0.3) is 0 Å². The second-order valence-electron chi connectivity index (χ2n) is 5.07. The van der Waals surface area contributed by atoms with Crippen molar-refractivity contribution in [3.05, 3.63) is 17.0 Å². The van der Waals surface area contributed by atoms with Crippen LogP contribution in [-0.2, 0) is 4.74 Å². The Morgan fingerprint density at radius 3 is 2.68 bits per heavy atom. The summed E-state index contributed by atoms with van der Waals surface area (Å²) < 4.78 is 5.11. The first-order valence-corrected chi connectivity index (χ1v) is 7.29. The maximum atomic E-state index is 11.5. The molecule has 108 valence electrons. The lowest BCUT2D eigenvalue weighted by molar-refractivity contribution is 0.0340. The lowest BCUT2D eigenvalue weighted by Crippen LogP contribution is -2.27. The van der Waals surface area contributed by atoms with E-state index in [1.165, 1.54) is 11.3 Å². The molecule has 0 fully saturated rings. The minimum Gasteiger partial charge on any atom is -0.444 e. The summed E-state index contributed by atoms with van der Waals surface area (Å²) in [5, 5.41) is 24.1. The first-order chi connectivity index (χ1) is 8.73. The van der Waals surface area contributed by atoms with Crippen LogP contribution in [0.3, 0.4) is 0 Å². The Labute approximate surface area is 122 Å². The number of nitrogens with one attached hydrogen (secondary N) is 1. The summed E-state index contributed by atoms with van der Waals surface area (Å²) >= 11 is 5.17. The van der Waals surface area contributed by atoms with Crippen LogP contribution in [0.15, 0.2) is 11.4 Å². The predicted molar refractivity (Wildman–Crippen MR) is 79.0 cm³/mol. The fourth-order valence-electron chi connectivity index (χ4n) is 1.30. The minimum absolute atomic E-state index is 0.159. The van der Waals surface area contributed by atoms with Crippen LogP contribution in [0.25, 0.3) is 0 Å². The molecule has 0 spiro atoms. The summed E-state index contributed by atoms with van der Waals surface area (Å²) in [7, 11) is 0. The summed E-state index contributed by atoms with van der Waals surface area (Å²) in [5.74, 6) is 0.159. The molecule has 0 bridgehead atoms. The van der Waals surface area contributed by atoms with Gasteiger partial charge >= 0.3 is 6.09 Å². The average Bonchev–Trinajstić information content (AvgIpc) is 2.72. The van der Waals surface area contributed by atoms with Gasteiger partial charge in [-0.25, -0.2) is 4.79 Å². The Morgan fingerprint density at radius 1 is 1.53 bits per heavy atom. The van der Waals surface area contributed by atoms with Gasteiger partial charge < -0.3 is 14.9 Å². The fourth-order valence-corrected chi connectivity index (χ4v) is 2.31. The van der Waals surface area contributed by atoms with Crippen LogP contribution < -0.4 is 5.32 Å². The molecule has 5 nitrogen and oxygen atoms in total. The van der Waals surface area contributed by atoms with E-state index in [1.807, 2.05) is 0 Å². The van der Waals surface area contributed by atoms with Gasteiger partial charge in [-0.3, -0.25) is 5.32 Å². The number of hydrogen-bond donors (Lipinski definition) is 4. The van der Waals surface area contributed by atoms with Crippen molar-refractivity contribution in [2.45, 2.75) is 38.6 Å². The number of thiol groups is 1. The molecule has 0 aliphatic rings. The maximum absolute atomic E-state index is 11.5. The minimum atomic E-state index is -1.01. The van der Waals surface area contributed by atoms with Gasteiger partial charge in [-0.15, -0.1) is 11.3 Å². The van der Waals surface area contributed by atoms with Gasteiger partial charge in [0.1, 0.15) is 11.7 Å². The van der Waals surface area contributed by atoms with Crippen LogP contribution in [0.1, 0.15) is 32.4 Å². The zero-order valence-electron chi connectivity index (χ0n) is 11.1. The van der Waals surface area contributed by atoms with Crippen LogP contribution in [-0.4, -0.2) is 33.8 Å². The molecule has 3 N–H and O–H groups in total. The molecule has 0 aliphatic carbocycles. The molecule has 0 radical (unpaired) electrons. The van der Waals surface area contributed by atoms with E-state index in [2.05, 4.69) is 17.9 Å². The Kier molecular flexibility index (Phi) is 5.66. The van der Waals surface area contributed by atoms with Crippen molar-refractivity contribution < 1.29 is 19.7 Å². The van der Waals surface area contributed by atoms with E-state index in [1.54, 1.807) is 32.2 Å². The van der Waals surface area contributed by atoms with Gasteiger partial charge in [0.15, 0.2) is 0 Å². The van der Waals surface area contributed by atoms with Gasteiger partial charge in [-0.1, -0.05) is 0 Å². The van der Waals surface area contributed by atoms with Crippen molar-refractivity contribution in [3.8, 4) is 0 Å². The maximum Gasteiger partial charge on any atom is 0.412 e. The second-order valence-corrected chi connectivity index (χ2v) is 6.34. The smallest absolute Gasteiger partial charge is 0.412 e. The molecular formula is C12H19NO4S2. The number of rotatable bonds is 4. The highest BCUT2D eigenvalue weighted by Gasteiger charge is 2.20. The van der Waals surface area contributed by atoms with E-state index in [9.17, 15) is 15.0 Å². The molecule has 0 aromatic carbocycles. The summed E-state index contributed by atoms with van der Waals surface area (Å²) in [5.41, 5.74) is -0.0241. The third-order valence-electron chi connectivity index (χ3n) is 2.14. The number of aliphatic hydroxyl groups excluding tert-OH is 2. The lowest BCUT2D eigenvalue weighted by atomic mass is 10.1. The highest BCUT2D eigenvalue weighted by molar-refractivity contribution is 7.80. The Balaban J connectivity index is 2.63. The van der Waals surface area contributed by atoms with Gasteiger partial charge in [0.05, 0.1) is 11.1 Å². The number of ether oxygens (including phenoxy) is 1. The number of thiophene rings is 1. The largest absolute Gasteiger partial charge is 0.444 e. The number of carbonyl (C=O) groups excluding carboxylic acids is 1. The van der Waals surface area contributed by atoms with Crippen LogP contribution in [0, 0.1) is 0 Å². The number of aliphatic hydroxyl groups is 2. The Bertz CT molecular complexity index is 428. The van der Waals surface area contributed by atoms with Crippen LogP contribution in [0.5, 0.6) is 0 Å². The Hall–Kier alpha value is -0.760. The molecule has 2 atom stereocenters. The number of anilines is 1. The van der Waals surface area contributed by atoms with Gasteiger partial charge in [0, 0.05) is 5.75 Å². The summed E-state index contributed by atoms with van der Waals surface area (Å²) in [6.07, 6.45) is -2.50. The van der Waals surface area contributed by atoms with Crippen LogP contribution in [0.2, 0.25) is 0 Å². The SMILES string of the molecule is CC(C)(C)OC(=O)Nc1cc(C(O)C(O)CS)cs1. The third-order valence-corrected chi connectivity index (χ3v) is 3.37. The standard InChI is InChI=1S/C12H19NO4S2/c1-12(2,3)17-11(16)13-9-4-7(6-19-9)10(15)8(14)5-18/h4,6,8,10,14-15,18H,5H2,1-3H3,(H,13,16). The molecule has 1 rings (SSSR count). The molecular weight excluding hydrogens is 286 g/mol. The molecule has 0 saturated carbocycles. The van der Waals surface area contributed by atoms with E-state index >= 15 is 0 Å². The van der Waals surface area contributed by atoms with Crippen molar-refractivity contribution in [3.63, 3.8) is 0 Å². The molecule has 1 aromatic heterocycles.